The van der Waals surface area contributed by atoms with Crippen molar-refractivity contribution in [3.63, 3.8) is 0 Å². The number of anilines is 1. The first kappa shape index (κ1) is 29.3. The highest BCUT2D eigenvalue weighted by Crippen LogP contribution is 2.57. The second kappa shape index (κ2) is 10.6. The van der Waals surface area contributed by atoms with Crippen molar-refractivity contribution in [1.29, 1.82) is 0 Å². The minimum absolute atomic E-state index is 0.0286. The summed E-state index contributed by atoms with van der Waals surface area (Å²) in [7, 11) is 0. The Balaban J connectivity index is 1.58. The van der Waals surface area contributed by atoms with Gasteiger partial charge in [-0.2, -0.15) is 0 Å². The summed E-state index contributed by atoms with van der Waals surface area (Å²) in [6.07, 6.45) is 3.28. The maximum absolute atomic E-state index is 15.8. The van der Waals surface area contributed by atoms with E-state index in [9.17, 15) is 14.7 Å². The number of benzene rings is 2. The molecule has 9 heteroatoms. The first-order valence-electron chi connectivity index (χ1n) is 14.0. The molecule has 2 aromatic rings. The van der Waals surface area contributed by atoms with Gasteiger partial charge in [-0.3, -0.25) is 9.59 Å². The summed E-state index contributed by atoms with van der Waals surface area (Å²) in [5.74, 6) is -1.70. The molecule has 4 atom stereocenters. The highest BCUT2D eigenvalue weighted by molar-refractivity contribution is 6.31. The molecule has 3 aliphatic rings. The SMILES string of the molecule is CC(C)(C)CC1NC(CC(=O)NC2CCC(C)(O)CC2)C(c2cccc(Cl)c2F)C12C(=O)Nc1cc(Cl)ccc12. The molecule has 1 aliphatic carbocycles. The molecule has 4 N–H and O–H groups in total. The van der Waals surface area contributed by atoms with Crippen LogP contribution in [0.25, 0.3) is 0 Å². The number of aliphatic hydroxyl groups is 1. The molecule has 1 saturated carbocycles. The Morgan fingerprint density at radius 1 is 1.18 bits per heavy atom. The predicted octanol–water partition coefficient (Wildman–Crippen LogP) is 6.08. The lowest BCUT2D eigenvalue weighted by atomic mass is 9.62. The van der Waals surface area contributed by atoms with E-state index in [4.69, 9.17) is 23.2 Å². The smallest absolute Gasteiger partial charge is 0.237 e. The van der Waals surface area contributed by atoms with Crippen molar-refractivity contribution < 1.29 is 19.1 Å². The van der Waals surface area contributed by atoms with Crippen molar-refractivity contribution in [1.82, 2.24) is 10.6 Å². The van der Waals surface area contributed by atoms with E-state index in [1.807, 2.05) is 13.0 Å². The molecule has 40 heavy (non-hydrogen) atoms. The largest absolute Gasteiger partial charge is 0.390 e. The van der Waals surface area contributed by atoms with Crippen LogP contribution in [0.15, 0.2) is 36.4 Å². The van der Waals surface area contributed by atoms with Gasteiger partial charge in [0, 0.05) is 41.2 Å². The Kier molecular flexibility index (Phi) is 7.75. The van der Waals surface area contributed by atoms with Crippen molar-refractivity contribution in [2.45, 2.75) is 101 Å². The lowest BCUT2D eigenvalue weighted by Crippen LogP contribution is -2.49. The lowest BCUT2D eigenvalue weighted by Gasteiger charge is -2.38. The Bertz CT molecular complexity index is 1320. The summed E-state index contributed by atoms with van der Waals surface area (Å²) >= 11 is 12.6. The molecule has 2 heterocycles. The predicted molar refractivity (Wildman–Crippen MR) is 156 cm³/mol. The molecule has 0 radical (unpaired) electrons. The number of carbonyl (C=O) groups excluding carboxylic acids is 2. The summed E-state index contributed by atoms with van der Waals surface area (Å²) in [6, 6.07) is 9.20. The molecule has 5 rings (SSSR count). The van der Waals surface area contributed by atoms with Gasteiger partial charge < -0.3 is 21.1 Å². The van der Waals surface area contributed by atoms with Crippen LogP contribution in [-0.2, 0) is 15.0 Å². The van der Waals surface area contributed by atoms with Crippen LogP contribution < -0.4 is 16.0 Å². The average molecular weight is 591 g/mol. The molecule has 2 aliphatic heterocycles. The number of hydrogen-bond acceptors (Lipinski definition) is 4. The van der Waals surface area contributed by atoms with Crippen molar-refractivity contribution in [2.24, 2.45) is 5.41 Å². The number of amides is 2. The van der Waals surface area contributed by atoms with Gasteiger partial charge in [-0.05, 0) is 73.8 Å². The molecule has 4 unspecified atom stereocenters. The molecule has 0 aromatic heterocycles. The molecule has 2 amide bonds. The quantitative estimate of drug-likeness (QED) is 0.340. The monoisotopic (exact) mass is 589 g/mol. The Hall–Kier alpha value is -2.19. The zero-order valence-electron chi connectivity index (χ0n) is 23.4. The zero-order chi connectivity index (χ0) is 29.0. The average Bonchev–Trinajstić information content (AvgIpc) is 3.30. The first-order chi connectivity index (χ1) is 18.7. The van der Waals surface area contributed by atoms with Gasteiger partial charge in [0.25, 0.3) is 0 Å². The molecule has 1 spiro atoms. The third kappa shape index (κ3) is 5.38. The normalized spacial score (nSPS) is 31.8. The van der Waals surface area contributed by atoms with Crippen molar-refractivity contribution in [2.75, 3.05) is 5.32 Å². The number of hydrogen-bond donors (Lipinski definition) is 4. The fraction of sp³-hybridized carbons (Fsp3) is 0.548. The van der Waals surface area contributed by atoms with Crippen molar-refractivity contribution in [3.8, 4) is 0 Å². The van der Waals surface area contributed by atoms with E-state index in [-0.39, 0.29) is 40.8 Å². The Morgan fingerprint density at radius 3 is 2.55 bits per heavy atom. The first-order valence-corrected chi connectivity index (χ1v) is 14.8. The maximum atomic E-state index is 15.8. The van der Waals surface area contributed by atoms with E-state index in [2.05, 4.69) is 36.7 Å². The lowest BCUT2D eigenvalue weighted by molar-refractivity contribution is -0.124. The maximum Gasteiger partial charge on any atom is 0.237 e. The third-order valence-electron chi connectivity index (χ3n) is 8.88. The van der Waals surface area contributed by atoms with Gasteiger partial charge in [0.15, 0.2) is 0 Å². The van der Waals surface area contributed by atoms with Crippen LogP contribution in [0.1, 0.15) is 83.3 Å². The zero-order valence-corrected chi connectivity index (χ0v) is 24.9. The molecular formula is C31H38Cl2FN3O3. The fourth-order valence-corrected chi connectivity index (χ4v) is 7.46. The van der Waals surface area contributed by atoms with Crippen LogP contribution >= 0.6 is 23.2 Å². The van der Waals surface area contributed by atoms with Crippen LogP contribution in [0.3, 0.4) is 0 Å². The van der Waals surface area contributed by atoms with Crippen LogP contribution in [-0.4, -0.2) is 40.6 Å². The van der Waals surface area contributed by atoms with Gasteiger partial charge in [-0.1, -0.05) is 62.2 Å². The van der Waals surface area contributed by atoms with Crippen LogP contribution in [0.5, 0.6) is 0 Å². The number of halogens is 3. The molecule has 2 aromatic carbocycles. The van der Waals surface area contributed by atoms with Gasteiger partial charge >= 0.3 is 0 Å². The van der Waals surface area contributed by atoms with Gasteiger partial charge in [-0.15, -0.1) is 0 Å². The van der Waals surface area contributed by atoms with E-state index in [0.29, 0.717) is 48.4 Å². The van der Waals surface area contributed by atoms with E-state index < -0.39 is 28.8 Å². The molecule has 6 nitrogen and oxygen atoms in total. The summed E-state index contributed by atoms with van der Waals surface area (Å²) in [5, 5.41) is 20.6. The van der Waals surface area contributed by atoms with E-state index in [1.165, 1.54) is 6.07 Å². The van der Waals surface area contributed by atoms with Crippen LogP contribution in [0.2, 0.25) is 10.0 Å². The van der Waals surface area contributed by atoms with Gasteiger partial charge in [-0.25, -0.2) is 4.39 Å². The van der Waals surface area contributed by atoms with E-state index in [1.54, 1.807) is 24.3 Å². The fourth-order valence-electron chi connectivity index (χ4n) is 7.11. The summed E-state index contributed by atoms with van der Waals surface area (Å²) in [6.45, 7) is 8.13. The van der Waals surface area contributed by atoms with Crippen LogP contribution in [0.4, 0.5) is 10.1 Å². The number of rotatable bonds is 5. The van der Waals surface area contributed by atoms with Gasteiger partial charge in [0.1, 0.15) is 11.2 Å². The van der Waals surface area contributed by atoms with Crippen LogP contribution in [0, 0.1) is 11.2 Å². The van der Waals surface area contributed by atoms with E-state index in [0.717, 1.165) is 5.56 Å². The molecule has 2 fully saturated rings. The topological polar surface area (TPSA) is 90.5 Å². The summed E-state index contributed by atoms with van der Waals surface area (Å²) in [4.78, 5) is 27.7. The third-order valence-corrected chi connectivity index (χ3v) is 9.40. The Morgan fingerprint density at radius 2 is 1.88 bits per heavy atom. The standard InChI is InChI=1S/C31H38Cl2FN3O3/c1-29(2,3)16-24-31(20-9-8-17(32)14-22(20)37-28(31)39)26(19-6-5-7-21(33)27(19)34)23(36-24)15-25(38)35-18-10-12-30(4,40)13-11-18/h5-9,14,18,23-24,26,36,40H,10-13,15-16H2,1-4H3,(H,35,38)(H,37,39). The second-order valence-corrected chi connectivity index (χ2v) is 14.1. The second-order valence-electron chi connectivity index (χ2n) is 13.3. The summed E-state index contributed by atoms with van der Waals surface area (Å²) < 4.78 is 15.8. The number of nitrogens with one attached hydrogen (secondary N) is 3. The molecular weight excluding hydrogens is 552 g/mol. The molecule has 1 saturated heterocycles. The van der Waals surface area contributed by atoms with Crippen molar-refractivity contribution in [3.05, 3.63) is 63.4 Å². The minimum atomic E-state index is -1.19. The number of carbonyl (C=O) groups is 2. The minimum Gasteiger partial charge on any atom is -0.390 e. The van der Waals surface area contributed by atoms with Gasteiger partial charge in [0.05, 0.1) is 10.6 Å². The van der Waals surface area contributed by atoms with Crippen molar-refractivity contribution >= 4 is 40.7 Å². The van der Waals surface area contributed by atoms with E-state index >= 15 is 4.39 Å². The number of fused-ring (bicyclic) bond motifs is 2. The molecule has 0 bridgehead atoms. The summed E-state index contributed by atoms with van der Waals surface area (Å²) in [5.41, 5.74) is -0.417. The highest BCUT2D eigenvalue weighted by atomic mass is 35.5. The Labute approximate surface area is 245 Å². The van der Waals surface area contributed by atoms with Gasteiger partial charge in [0.2, 0.25) is 11.8 Å². The highest BCUT2D eigenvalue weighted by Gasteiger charge is 2.65. The molecule has 216 valence electrons.